The fourth-order valence-electron chi connectivity index (χ4n) is 2.62. The first-order valence-corrected chi connectivity index (χ1v) is 6.83. The average molecular weight is 264 g/mol. The predicted octanol–water partition coefficient (Wildman–Crippen LogP) is 3.40. The summed E-state index contributed by atoms with van der Waals surface area (Å²) < 4.78 is 0. The predicted molar refractivity (Wildman–Crippen MR) is 76.1 cm³/mol. The van der Waals surface area contributed by atoms with Gasteiger partial charge in [0.05, 0.1) is 5.92 Å². The van der Waals surface area contributed by atoms with Crippen molar-refractivity contribution in [3.8, 4) is 0 Å². The lowest BCUT2D eigenvalue weighted by atomic mass is 9.78. The van der Waals surface area contributed by atoms with E-state index in [0.717, 1.165) is 24.0 Å². The number of carboxylic acid groups (broad SMARTS) is 1. The van der Waals surface area contributed by atoms with Crippen LogP contribution in [-0.4, -0.2) is 16.2 Å². The molecule has 0 aliphatic heterocycles. The highest BCUT2D eigenvalue weighted by Crippen LogP contribution is 2.35. The molecule has 1 aromatic rings. The van der Waals surface area contributed by atoms with Gasteiger partial charge in [0.1, 0.15) is 5.60 Å². The van der Waals surface area contributed by atoms with E-state index in [4.69, 9.17) is 0 Å². The van der Waals surface area contributed by atoms with Gasteiger partial charge in [-0.2, -0.15) is 0 Å². The van der Waals surface area contributed by atoms with Crippen molar-refractivity contribution < 1.29 is 15.0 Å². The molecule has 3 heteroatoms. The summed E-state index contributed by atoms with van der Waals surface area (Å²) in [6.45, 7) is 7.52. The van der Waals surface area contributed by atoms with Gasteiger partial charge in [0, 0.05) is 0 Å². The number of carbonyl (C=O) groups is 1. The zero-order valence-corrected chi connectivity index (χ0v) is 12.2. The monoisotopic (exact) mass is 264 g/mol. The van der Waals surface area contributed by atoms with Gasteiger partial charge in [-0.1, -0.05) is 43.5 Å². The number of rotatable bonds is 6. The molecule has 1 rings (SSSR count). The highest BCUT2D eigenvalue weighted by atomic mass is 16.4. The Hall–Kier alpha value is -1.35. The van der Waals surface area contributed by atoms with E-state index in [2.05, 4.69) is 0 Å². The Morgan fingerprint density at radius 1 is 1.37 bits per heavy atom. The van der Waals surface area contributed by atoms with Crippen LogP contribution in [0.25, 0.3) is 0 Å². The highest BCUT2D eigenvalue weighted by Gasteiger charge is 2.39. The molecule has 2 atom stereocenters. The standard InChI is InChI=1S/C16H24O3/c1-5-6-7-14(15(17)18)16(4,19)13-9-8-11(2)10-12(13)3/h8-10,14,19H,5-7H2,1-4H3,(H,17,18). The number of benzene rings is 1. The lowest BCUT2D eigenvalue weighted by Gasteiger charge is -2.32. The summed E-state index contributed by atoms with van der Waals surface area (Å²) in [5, 5.41) is 20.1. The van der Waals surface area contributed by atoms with Crippen molar-refractivity contribution in [1.82, 2.24) is 0 Å². The Balaban J connectivity index is 3.14. The molecule has 0 aliphatic carbocycles. The van der Waals surface area contributed by atoms with Crippen LogP contribution in [0, 0.1) is 19.8 Å². The van der Waals surface area contributed by atoms with Crippen LogP contribution in [-0.2, 0) is 10.4 Å². The number of hydrogen-bond donors (Lipinski definition) is 2. The second-order valence-electron chi connectivity index (χ2n) is 5.50. The summed E-state index contributed by atoms with van der Waals surface area (Å²) in [7, 11) is 0. The molecule has 0 heterocycles. The van der Waals surface area contributed by atoms with Crippen LogP contribution in [0.4, 0.5) is 0 Å². The van der Waals surface area contributed by atoms with Crippen LogP contribution < -0.4 is 0 Å². The number of aliphatic hydroxyl groups is 1. The van der Waals surface area contributed by atoms with E-state index >= 15 is 0 Å². The fraction of sp³-hybridized carbons (Fsp3) is 0.562. The number of carboxylic acids is 1. The van der Waals surface area contributed by atoms with Gasteiger partial charge < -0.3 is 10.2 Å². The van der Waals surface area contributed by atoms with Crippen molar-refractivity contribution in [3.63, 3.8) is 0 Å². The Bertz CT molecular complexity index is 449. The molecule has 0 aromatic heterocycles. The summed E-state index contributed by atoms with van der Waals surface area (Å²) >= 11 is 0. The molecule has 0 spiro atoms. The van der Waals surface area contributed by atoms with Crippen LogP contribution in [0.2, 0.25) is 0 Å². The van der Waals surface area contributed by atoms with Crippen LogP contribution in [0.5, 0.6) is 0 Å². The summed E-state index contributed by atoms with van der Waals surface area (Å²) in [4.78, 5) is 11.4. The van der Waals surface area contributed by atoms with Crippen molar-refractivity contribution in [2.45, 2.75) is 52.6 Å². The number of hydrogen-bond acceptors (Lipinski definition) is 2. The minimum atomic E-state index is -1.33. The van der Waals surface area contributed by atoms with E-state index in [1.807, 2.05) is 39.0 Å². The first-order chi connectivity index (χ1) is 8.80. The van der Waals surface area contributed by atoms with Gasteiger partial charge in [-0.15, -0.1) is 0 Å². The normalized spacial score (nSPS) is 15.8. The lowest BCUT2D eigenvalue weighted by molar-refractivity contribution is -0.152. The summed E-state index contributed by atoms with van der Waals surface area (Å²) in [6.07, 6.45) is 2.22. The summed E-state index contributed by atoms with van der Waals surface area (Å²) in [5.41, 5.74) is 1.42. The van der Waals surface area contributed by atoms with Gasteiger partial charge in [0.2, 0.25) is 0 Å². The molecule has 0 fully saturated rings. The molecular formula is C16H24O3. The van der Waals surface area contributed by atoms with E-state index < -0.39 is 17.5 Å². The van der Waals surface area contributed by atoms with E-state index in [1.54, 1.807) is 6.92 Å². The molecule has 19 heavy (non-hydrogen) atoms. The van der Waals surface area contributed by atoms with Crippen LogP contribution in [0.15, 0.2) is 18.2 Å². The first kappa shape index (κ1) is 15.7. The molecule has 0 radical (unpaired) electrons. The quantitative estimate of drug-likeness (QED) is 0.828. The average Bonchev–Trinajstić information content (AvgIpc) is 2.27. The van der Waals surface area contributed by atoms with E-state index in [1.165, 1.54) is 0 Å². The van der Waals surface area contributed by atoms with E-state index in [-0.39, 0.29) is 0 Å². The van der Waals surface area contributed by atoms with Gasteiger partial charge in [0.15, 0.2) is 0 Å². The molecule has 1 aromatic carbocycles. The maximum absolute atomic E-state index is 11.4. The minimum Gasteiger partial charge on any atom is -0.481 e. The first-order valence-electron chi connectivity index (χ1n) is 6.83. The van der Waals surface area contributed by atoms with E-state index in [0.29, 0.717) is 12.0 Å². The lowest BCUT2D eigenvalue weighted by Crippen LogP contribution is -2.37. The van der Waals surface area contributed by atoms with Gasteiger partial charge in [-0.25, -0.2) is 0 Å². The molecule has 3 nitrogen and oxygen atoms in total. The third-order valence-corrected chi connectivity index (χ3v) is 3.75. The van der Waals surface area contributed by atoms with Crippen LogP contribution in [0.1, 0.15) is 49.8 Å². The zero-order chi connectivity index (χ0) is 14.6. The summed E-state index contributed by atoms with van der Waals surface area (Å²) in [5.74, 6) is -1.70. The SMILES string of the molecule is CCCCC(C(=O)O)C(C)(O)c1ccc(C)cc1C. The molecule has 2 unspecified atom stereocenters. The van der Waals surface area contributed by atoms with Crippen molar-refractivity contribution in [2.24, 2.45) is 5.92 Å². The topological polar surface area (TPSA) is 57.5 Å². The van der Waals surface area contributed by atoms with Crippen LogP contribution in [0.3, 0.4) is 0 Å². The molecule has 0 aliphatic rings. The van der Waals surface area contributed by atoms with Crippen LogP contribution >= 0.6 is 0 Å². The third-order valence-electron chi connectivity index (χ3n) is 3.75. The molecule has 0 bridgehead atoms. The van der Waals surface area contributed by atoms with Gasteiger partial charge in [-0.05, 0) is 38.3 Å². The van der Waals surface area contributed by atoms with Gasteiger partial charge in [-0.3, -0.25) is 4.79 Å². The molecule has 2 N–H and O–H groups in total. The maximum Gasteiger partial charge on any atom is 0.309 e. The highest BCUT2D eigenvalue weighted by molar-refractivity contribution is 5.72. The largest absolute Gasteiger partial charge is 0.481 e. The fourth-order valence-corrected chi connectivity index (χ4v) is 2.62. The van der Waals surface area contributed by atoms with Gasteiger partial charge >= 0.3 is 5.97 Å². The second kappa shape index (κ2) is 6.20. The van der Waals surface area contributed by atoms with Crippen molar-refractivity contribution in [1.29, 1.82) is 0 Å². The zero-order valence-electron chi connectivity index (χ0n) is 12.2. The molecular weight excluding hydrogens is 240 g/mol. The Labute approximate surface area is 115 Å². The second-order valence-corrected chi connectivity index (χ2v) is 5.50. The third kappa shape index (κ3) is 3.57. The molecule has 106 valence electrons. The molecule has 0 saturated heterocycles. The van der Waals surface area contributed by atoms with Crippen molar-refractivity contribution in [3.05, 3.63) is 34.9 Å². The smallest absolute Gasteiger partial charge is 0.309 e. The summed E-state index contributed by atoms with van der Waals surface area (Å²) in [6, 6.07) is 5.73. The molecule has 0 amide bonds. The Morgan fingerprint density at radius 2 is 2.00 bits per heavy atom. The van der Waals surface area contributed by atoms with Crippen molar-refractivity contribution in [2.75, 3.05) is 0 Å². The number of aliphatic carboxylic acids is 1. The Kier molecular flexibility index (Phi) is 5.12. The minimum absolute atomic E-state index is 0.492. The van der Waals surface area contributed by atoms with Crippen molar-refractivity contribution >= 4 is 5.97 Å². The van der Waals surface area contributed by atoms with E-state index in [9.17, 15) is 15.0 Å². The number of aryl methyl sites for hydroxylation is 2. The Morgan fingerprint density at radius 3 is 2.47 bits per heavy atom. The number of unbranched alkanes of at least 4 members (excludes halogenated alkanes) is 1. The maximum atomic E-state index is 11.4. The van der Waals surface area contributed by atoms with Gasteiger partial charge in [0.25, 0.3) is 0 Å². The molecule has 0 saturated carbocycles.